The molecule has 3 rings (SSSR count). The highest BCUT2D eigenvalue weighted by Gasteiger charge is 2.44. The summed E-state index contributed by atoms with van der Waals surface area (Å²) in [7, 11) is 0. The van der Waals surface area contributed by atoms with Crippen molar-refractivity contribution in [1.82, 2.24) is 4.90 Å². The van der Waals surface area contributed by atoms with Crippen LogP contribution in [0.25, 0.3) is 0 Å². The van der Waals surface area contributed by atoms with Gasteiger partial charge in [0.15, 0.2) is 0 Å². The summed E-state index contributed by atoms with van der Waals surface area (Å²) in [5.41, 5.74) is 6.58. The standard InChI is InChI=1S/C14H26N2S/c15-11-14(16-6-8-17-9-7-16)5-1-2-13(10-14)12-3-4-12/h12-13H,1-11,15H2. The van der Waals surface area contributed by atoms with Gasteiger partial charge in [0.1, 0.15) is 0 Å². The van der Waals surface area contributed by atoms with Crippen LogP contribution in [0.15, 0.2) is 0 Å². The Labute approximate surface area is 110 Å². The van der Waals surface area contributed by atoms with Gasteiger partial charge in [-0.25, -0.2) is 0 Å². The third-order valence-electron chi connectivity index (χ3n) is 5.21. The molecule has 98 valence electrons. The van der Waals surface area contributed by atoms with Crippen molar-refractivity contribution in [3.8, 4) is 0 Å². The van der Waals surface area contributed by atoms with Crippen molar-refractivity contribution in [2.45, 2.75) is 44.1 Å². The zero-order valence-corrected chi connectivity index (χ0v) is 11.7. The summed E-state index contributed by atoms with van der Waals surface area (Å²) >= 11 is 2.11. The summed E-state index contributed by atoms with van der Waals surface area (Å²) in [5, 5.41) is 0. The minimum Gasteiger partial charge on any atom is -0.329 e. The van der Waals surface area contributed by atoms with E-state index in [-0.39, 0.29) is 0 Å². The van der Waals surface area contributed by atoms with E-state index in [2.05, 4.69) is 16.7 Å². The van der Waals surface area contributed by atoms with Gasteiger partial charge in [-0.3, -0.25) is 4.90 Å². The summed E-state index contributed by atoms with van der Waals surface area (Å²) in [4.78, 5) is 2.75. The van der Waals surface area contributed by atoms with Crippen LogP contribution >= 0.6 is 11.8 Å². The first-order valence-corrected chi connectivity index (χ1v) is 8.52. The Morgan fingerprint density at radius 3 is 2.53 bits per heavy atom. The molecule has 1 aliphatic heterocycles. The molecule has 3 aliphatic rings. The molecule has 2 saturated carbocycles. The van der Waals surface area contributed by atoms with Gasteiger partial charge in [-0.15, -0.1) is 0 Å². The molecule has 0 aromatic rings. The number of nitrogens with zero attached hydrogens (tertiary/aromatic N) is 1. The number of hydrogen-bond acceptors (Lipinski definition) is 3. The fourth-order valence-electron chi connectivity index (χ4n) is 3.99. The predicted molar refractivity (Wildman–Crippen MR) is 75.4 cm³/mol. The van der Waals surface area contributed by atoms with Crippen molar-refractivity contribution in [1.29, 1.82) is 0 Å². The van der Waals surface area contributed by atoms with Gasteiger partial charge in [0, 0.05) is 36.7 Å². The van der Waals surface area contributed by atoms with Crippen LogP contribution in [0.4, 0.5) is 0 Å². The van der Waals surface area contributed by atoms with Crippen LogP contribution in [0.2, 0.25) is 0 Å². The maximum absolute atomic E-state index is 6.20. The van der Waals surface area contributed by atoms with Gasteiger partial charge in [0.05, 0.1) is 0 Å². The summed E-state index contributed by atoms with van der Waals surface area (Å²) in [6.07, 6.45) is 8.66. The van der Waals surface area contributed by atoms with Gasteiger partial charge in [0.25, 0.3) is 0 Å². The van der Waals surface area contributed by atoms with Crippen LogP contribution in [-0.2, 0) is 0 Å². The van der Waals surface area contributed by atoms with Crippen LogP contribution in [-0.4, -0.2) is 41.6 Å². The first-order chi connectivity index (χ1) is 8.34. The average molecular weight is 254 g/mol. The van der Waals surface area contributed by atoms with Gasteiger partial charge >= 0.3 is 0 Å². The normalized spacial score (nSPS) is 40.4. The number of nitrogens with two attached hydrogens (primary N) is 1. The summed E-state index contributed by atoms with van der Waals surface area (Å²) in [5.74, 6) is 4.70. The van der Waals surface area contributed by atoms with E-state index in [4.69, 9.17) is 5.73 Å². The van der Waals surface area contributed by atoms with Crippen molar-refractivity contribution < 1.29 is 0 Å². The van der Waals surface area contributed by atoms with Crippen molar-refractivity contribution in [3.63, 3.8) is 0 Å². The molecule has 17 heavy (non-hydrogen) atoms. The Morgan fingerprint density at radius 1 is 1.12 bits per heavy atom. The van der Waals surface area contributed by atoms with Crippen molar-refractivity contribution in [3.05, 3.63) is 0 Å². The zero-order valence-electron chi connectivity index (χ0n) is 10.9. The van der Waals surface area contributed by atoms with Crippen LogP contribution in [0.3, 0.4) is 0 Å². The molecule has 0 spiro atoms. The molecule has 1 saturated heterocycles. The molecule has 2 N–H and O–H groups in total. The molecular formula is C14H26N2S. The molecule has 0 bridgehead atoms. The third-order valence-corrected chi connectivity index (χ3v) is 6.15. The molecule has 0 amide bonds. The van der Waals surface area contributed by atoms with E-state index in [1.54, 1.807) is 0 Å². The Kier molecular flexibility index (Phi) is 3.69. The van der Waals surface area contributed by atoms with E-state index in [0.29, 0.717) is 5.54 Å². The highest BCUT2D eigenvalue weighted by Crippen LogP contribution is 2.48. The Hall–Kier alpha value is 0.270. The molecule has 3 heteroatoms. The number of hydrogen-bond donors (Lipinski definition) is 1. The van der Waals surface area contributed by atoms with E-state index >= 15 is 0 Å². The smallest absolute Gasteiger partial charge is 0.0335 e. The third kappa shape index (κ3) is 2.52. The van der Waals surface area contributed by atoms with E-state index in [9.17, 15) is 0 Å². The molecule has 3 fully saturated rings. The lowest BCUT2D eigenvalue weighted by Crippen LogP contribution is -2.58. The molecule has 2 aliphatic carbocycles. The Morgan fingerprint density at radius 2 is 1.88 bits per heavy atom. The minimum absolute atomic E-state index is 0.381. The van der Waals surface area contributed by atoms with Gasteiger partial charge in [0.2, 0.25) is 0 Å². The molecule has 0 aromatic carbocycles. The van der Waals surface area contributed by atoms with Crippen molar-refractivity contribution in [2.75, 3.05) is 31.1 Å². The van der Waals surface area contributed by atoms with E-state index in [0.717, 1.165) is 18.4 Å². The summed E-state index contributed by atoms with van der Waals surface area (Å²) < 4.78 is 0. The van der Waals surface area contributed by atoms with Crippen LogP contribution in [0, 0.1) is 11.8 Å². The molecule has 2 atom stereocenters. The lowest BCUT2D eigenvalue weighted by atomic mass is 9.72. The second kappa shape index (κ2) is 5.10. The van der Waals surface area contributed by atoms with Gasteiger partial charge in [-0.1, -0.05) is 12.8 Å². The molecule has 2 unspecified atom stereocenters. The van der Waals surface area contributed by atoms with Crippen LogP contribution in [0.1, 0.15) is 38.5 Å². The van der Waals surface area contributed by atoms with E-state index in [1.165, 1.54) is 63.1 Å². The SMILES string of the molecule is NCC1(N2CCSCC2)CCCC(C2CC2)C1. The van der Waals surface area contributed by atoms with Crippen molar-refractivity contribution >= 4 is 11.8 Å². The second-order valence-electron chi connectivity index (χ2n) is 6.22. The molecule has 0 radical (unpaired) electrons. The Bertz CT molecular complexity index is 261. The van der Waals surface area contributed by atoms with Gasteiger partial charge < -0.3 is 5.73 Å². The first-order valence-electron chi connectivity index (χ1n) is 7.37. The molecule has 2 nitrogen and oxygen atoms in total. The zero-order chi connectivity index (χ0) is 11.7. The van der Waals surface area contributed by atoms with Gasteiger partial charge in [-0.05, 0) is 37.5 Å². The number of rotatable bonds is 3. The minimum atomic E-state index is 0.381. The fraction of sp³-hybridized carbons (Fsp3) is 1.00. The van der Waals surface area contributed by atoms with Crippen LogP contribution in [0.5, 0.6) is 0 Å². The molecular weight excluding hydrogens is 228 g/mol. The topological polar surface area (TPSA) is 29.3 Å². The van der Waals surface area contributed by atoms with Crippen molar-refractivity contribution in [2.24, 2.45) is 17.6 Å². The summed E-state index contributed by atoms with van der Waals surface area (Å²) in [6.45, 7) is 3.44. The maximum Gasteiger partial charge on any atom is 0.0335 e. The van der Waals surface area contributed by atoms with Crippen LogP contribution < -0.4 is 5.73 Å². The largest absolute Gasteiger partial charge is 0.329 e. The van der Waals surface area contributed by atoms with E-state index < -0.39 is 0 Å². The monoisotopic (exact) mass is 254 g/mol. The van der Waals surface area contributed by atoms with E-state index in [1.807, 2.05) is 0 Å². The first kappa shape index (κ1) is 12.3. The summed E-state index contributed by atoms with van der Waals surface area (Å²) in [6, 6.07) is 0. The number of thioether (sulfide) groups is 1. The lowest BCUT2D eigenvalue weighted by molar-refractivity contribution is 0.0387. The second-order valence-corrected chi connectivity index (χ2v) is 7.45. The lowest BCUT2D eigenvalue weighted by Gasteiger charge is -2.49. The average Bonchev–Trinajstić information content (AvgIpc) is 3.24. The predicted octanol–water partition coefficient (Wildman–Crippen LogP) is 2.33. The Balaban J connectivity index is 1.70. The molecule has 1 heterocycles. The maximum atomic E-state index is 6.20. The quantitative estimate of drug-likeness (QED) is 0.838. The van der Waals surface area contributed by atoms with Gasteiger partial charge in [-0.2, -0.15) is 11.8 Å². The highest BCUT2D eigenvalue weighted by atomic mass is 32.2. The fourth-order valence-corrected chi connectivity index (χ4v) is 4.90. The molecule has 0 aromatic heterocycles. The highest BCUT2D eigenvalue weighted by molar-refractivity contribution is 7.99.